The molecule has 0 radical (unpaired) electrons. The lowest BCUT2D eigenvalue weighted by atomic mass is 9.89. The van der Waals surface area contributed by atoms with Gasteiger partial charge in [-0.25, -0.2) is 4.98 Å². The van der Waals surface area contributed by atoms with Crippen LogP contribution in [-0.2, 0) is 20.9 Å². The summed E-state index contributed by atoms with van der Waals surface area (Å²) < 4.78 is 5.75. The second-order valence-electron chi connectivity index (χ2n) is 18.2. The normalized spacial score (nSPS) is 24.0. The molecule has 1 aromatic heterocycles. The maximum Gasteiger partial charge on any atom is 0.255 e. The Morgan fingerprint density at radius 3 is 2.48 bits per heavy atom. The first-order valence-electron chi connectivity index (χ1n) is 23.5. The molecule has 0 bridgehead atoms. The van der Waals surface area contributed by atoms with Crippen molar-refractivity contribution in [2.45, 2.75) is 121 Å². The topological polar surface area (TPSA) is 173 Å². The van der Waals surface area contributed by atoms with E-state index in [0.29, 0.717) is 66.0 Å². The Labute approximate surface area is 380 Å². The van der Waals surface area contributed by atoms with Gasteiger partial charge in [0, 0.05) is 94.0 Å². The Kier molecular flexibility index (Phi) is 13.0. The highest BCUT2D eigenvalue weighted by atomic mass is 16.5. The molecule has 3 aromatic rings. The van der Waals surface area contributed by atoms with Gasteiger partial charge in [0.2, 0.25) is 23.7 Å². The fourth-order valence-corrected chi connectivity index (χ4v) is 10.8. The molecule has 1 unspecified atom stereocenters. The Bertz CT molecular complexity index is 2390. The van der Waals surface area contributed by atoms with Gasteiger partial charge in [-0.2, -0.15) is 4.98 Å². The molecule has 16 nitrogen and oxygen atoms in total. The summed E-state index contributed by atoms with van der Waals surface area (Å²) in [5.74, 6) is 7.37. The lowest BCUT2D eigenvalue weighted by molar-refractivity contribution is -0.137. The molecule has 6 aliphatic rings. The van der Waals surface area contributed by atoms with Crippen LogP contribution in [0.3, 0.4) is 0 Å². The van der Waals surface area contributed by atoms with E-state index in [-0.39, 0.29) is 48.2 Å². The molecule has 2 aromatic carbocycles. The molecular formula is C49H60N10O6. The van der Waals surface area contributed by atoms with E-state index in [1.807, 2.05) is 18.2 Å². The number of piperazine rings is 1. The minimum Gasteiger partial charge on any atom is -0.495 e. The van der Waals surface area contributed by atoms with Gasteiger partial charge in [-0.15, -0.1) is 0 Å². The Balaban J connectivity index is 0.729. The number of imide groups is 1. The number of benzene rings is 2. The van der Waals surface area contributed by atoms with Crippen molar-refractivity contribution in [1.82, 2.24) is 35.3 Å². The SMILES string of the molecule is CC[C@@H]1C(=O)N(C)c2cnc(Nc3ccc(C(=O)NC4CCC(N5CCN(CCC#Cc6cccc7c6CN(C6CCC(=O)NC6=O)C7=O)CC5)CC4)cc3OC)nc2N1C1CCCC1. The molecule has 342 valence electrons. The van der Waals surface area contributed by atoms with Gasteiger partial charge >= 0.3 is 0 Å². The molecule has 4 fully saturated rings. The van der Waals surface area contributed by atoms with Gasteiger partial charge in [0.1, 0.15) is 23.5 Å². The number of amides is 5. The van der Waals surface area contributed by atoms with E-state index in [1.54, 1.807) is 48.4 Å². The number of nitrogens with one attached hydrogen (secondary N) is 3. The quantitative estimate of drug-likeness (QED) is 0.181. The number of hydrogen-bond donors (Lipinski definition) is 3. The van der Waals surface area contributed by atoms with Gasteiger partial charge in [0.25, 0.3) is 11.8 Å². The summed E-state index contributed by atoms with van der Waals surface area (Å²) in [5.41, 5.74) is 4.13. The van der Waals surface area contributed by atoms with Crippen LogP contribution in [0.25, 0.3) is 0 Å². The molecule has 16 heteroatoms. The molecule has 2 atom stereocenters. The molecule has 2 saturated carbocycles. The van der Waals surface area contributed by atoms with Crippen molar-refractivity contribution in [2.24, 2.45) is 0 Å². The smallest absolute Gasteiger partial charge is 0.255 e. The van der Waals surface area contributed by atoms with Gasteiger partial charge in [-0.05, 0) is 87.3 Å². The third-order valence-corrected chi connectivity index (χ3v) is 14.4. The zero-order chi connectivity index (χ0) is 45.2. The third-order valence-electron chi connectivity index (χ3n) is 14.4. The van der Waals surface area contributed by atoms with Crippen LogP contribution in [0.15, 0.2) is 42.6 Å². The summed E-state index contributed by atoms with van der Waals surface area (Å²) >= 11 is 0. The summed E-state index contributed by atoms with van der Waals surface area (Å²) in [5, 5.41) is 8.96. The molecular weight excluding hydrogens is 825 g/mol. The molecule has 5 amide bonds. The zero-order valence-corrected chi connectivity index (χ0v) is 37.7. The van der Waals surface area contributed by atoms with Crippen molar-refractivity contribution in [3.63, 3.8) is 0 Å². The molecule has 5 heterocycles. The standard InChI is InChI=1S/C49H60N10O6/c1-4-39-48(64)55(2)41-29-50-49(54-44(41)59(39)35-12-5-6-13-35)52-38-20-15-32(28-42(38)65-3)45(61)51-33-16-18-34(19-17-33)57-26-24-56(25-27-57)23-8-7-10-31-11-9-14-36-37(31)30-58(47(36)63)40-21-22-43(60)53-46(40)62/h9,11,14-15,20,28-29,33-35,39-40H,4-6,8,12-13,16-19,21-27,30H2,1-3H3,(H,51,61)(H,50,52,54)(H,53,60,62)/t33?,34?,39-,40?/m1/s1. The number of carbonyl (C=O) groups excluding carboxylic acids is 5. The maximum absolute atomic E-state index is 13.5. The predicted molar refractivity (Wildman–Crippen MR) is 246 cm³/mol. The Hall–Kier alpha value is -6.05. The number of fused-ring (bicyclic) bond motifs is 2. The number of carbonyl (C=O) groups is 5. The summed E-state index contributed by atoms with van der Waals surface area (Å²) in [6.45, 7) is 7.22. The number of anilines is 4. The minimum atomic E-state index is -0.641. The van der Waals surface area contributed by atoms with Crippen LogP contribution in [-0.4, -0.2) is 131 Å². The van der Waals surface area contributed by atoms with E-state index in [1.165, 1.54) is 0 Å². The van der Waals surface area contributed by atoms with Gasteiger partial charge in [0.15, 0.2) is 5.82 Å². The van der Waals surface area contributed by atoms with Crippen LogP contribution in [0.5, 0.6) is 5.75 Å². The molecule has 3 N–H and O–H groups in total. The van der Waals surface area contributed by atoms with Crippen molar-refractivity contribution < 1.29 is 28.7 Å². The van der Waals surface area contributed by atoms with Crippen LogP contribution < -0.4 is 30.5 Å². The number of methoxy groups -OCH3 is 1. The van der Waals surface area contributed by atoms with Gasteiger partial charge in [-0.3, -0.25) is 39.1 Å². The zero-order valence-electron chi connectivity index (χ0n) is 37.7. The number of rotatable bonds is 11. The summed E-state index contributed by atoms with van der Waals surface area (Å²) in [6, 6.07) is 10.9. The number of piperidine rings is 1. The minimum absolute atomic E-state index is 0.0737. The first-order chi connectivity index (χ1) is 31.6. The van der Waals surface area contributed by atoms with Crippen LogP contribution in [0.4, 0.5) is 23.1 Å². The van der Waals surface area contributed by atoms with Crippen molar-refractivity contribution in [2.75, 3.05) is 62.0 Å². The predicted octanol–water partition coefficient (Wildman–Crippen LogP) is 4.59. The highest BCUT2D eigenvalue weighted by Gasteiger charge is 2.42. The number of ether oxygens (including phenoxy) is 1. The average molecular weight is 885 g/mol. The van der Waals surface area contributed by atoms with Crippen molar-refractivity contribution in [1.29, 1.82) is 0 Å². The van der Waals surface area contributed by atoms with Crippen LogP contribution in [0.1, 0.15) is 116 Å². The monoisotopic (exact) mass is 884 g/mol. The molecule has 2 aliphatic carbocycles. The summed E-state index contributed by atoms with van der Waals surface area (Å²) in [7, 11) is 3.38. The van der Waals surface area contributed by atoms with Crippen molar-refractivity contribution in [3.8, 4) is 17.6 Å². The number of aromatic nitrogens is 2. The van der Waals surface area contributed by atoms with E-state index in [0.717, 1.165) is 101 Å². The van der Waals surface area contributed by atoms with Crippen LogP contribution in [0.2, 0.25) is 0 Å². The summed E-state index contributed by atoms with van der Waals surface area (Å²) in [6.07, 6.45) is 12.0. The molecule has 0 spiro atoms. The largest absolute Gasteiger partial charge is 0.495 e. The van der Waals surface area contributed by atoms with Gasteiger partial charge in [0.05, 0.1) is 19.0 Å². The Morgan fingerprint density at radius 2 is 1.74 bits per heavy atom. The van der Waals surface area contributed by atoms with E-state index in [9.17, 15) is 24.0 Å². The first kappa shape index (κ1) is 44.2. The third kappa shape index (κ3) is 9.13. The maximum atomic E-state index is 13.5. The first-order valence-corrected chi connectivity index (χ1v) is 23.5. The highest BCUT2D eigenvalue weighted by Crippen LogP contribution is 2.41. The second kappa shape index (κ2) is 19.2. The summed E-state index contributed by atoms with van der Waals surface area (Å²) in [4.78, 5) is 84.3. The van der Waals surface area contributed by atoms with Gasteiger partial charge in [-0.1, -0.05) is 37.7 Å². The Morgan fingerprint density at radius 1 is 0.954 bits per heavy atom. The fraction of sp³-hybridized carbons (Fsp3) is 0.531. The second-order valence-corrected chi connectivity index (χ2v) is 18.2. The number of likely N-dealkylation sites (N-methyl/N-ethyl adjacent to an activating group) is 1. The van der Waals surface area contributed by atoms with Crippen molar-refractivity contribution >= 4 is 52.7 Å². The van der Waals surface area contributed by atoms with E-state index >= 15 is 0 Å². The lowest BCUT2D eigenvalue weighted by Gasteiger charge is -2.43. The van der Waals surface area contributed by atoms with E-state index in [2.05, 4.69) is 54.4 Å². The molecule has 2 saturated heterocycles. The van der Waals surface area contributed by atoms with E-state index in [4.69, 9.17) is 9.72 Å². The van der Waals surface area contributed by atoms with Crippen LogP contribution >= 0.6 is 0 Å². The molecule has 65 heavy (non-hydrogen) atoms. The lowest BCUT2D eigenvalue weighted by Crippen LogP contribution is -2.55. The molecule has 4 aliphatic heterocycles. The van der Waals surface area contributed by atoms with E-state index < -0.39 is 11.9 Å². The molecule has 9 rings (SSSR count). The average Bonchev–Trinajstić information content (AvgIpc) is 3.98. The number of nitrogens with zero attached hydrogens (tertiary/aromatic N) is 7. The van der Waals surface area contributed by atoms with Crippen LogP contribution in [0, 0.1) is 11.8 Å². The number of hydrogen-bond acceptors (Lipinski definition) is 12. The fourth-order valence-electron chi connectivity index (χ4n) is 10.8. The van der Waals surface area contributed by atoms with Crippen molar-refractivity contribution in [3.05, 3.63) is 64.8 Å². The van der Waals surface area contributed by atoms with Gasteiger partial charge < -0.3 is 30.1 Å². The highest BCUT2D eigenvalue weighted by molar-refractivity contribution is 6.06.